The second-order valence-corrected chi connectivity index (χ2v) is 4.93. The van der Waals surface area contributed by atoms with Crippen LogP contribution < -0.4 is 11.1 Å². The summed E-state index contributed by atoms with van der Waals surface area (Å²) in [6.45, 7) is 1.80. The van der Waals surface area contributed by atoms with E-state index in [2.05, 4.69) is 33.1 Å². The molecule has 0 aliphatic heterocycles. The van der Waals surface area contributed by atoms with E-state index in [9.17, 15) is 4.79 Å². The monoisotopic (exact) mass is 347 g/mol. The highest BCUT2D eigenvalue weighted by Crippen LogP contribution is 2.08. The van der Waals surface area contributed by atoms with Crippen LogP contribution in [0, 0.1) is 3.57 Å². The van der Waals surface area contributed by atoms with Gasteiger partial charge in [-0.15, -0.1) is 0 Å². The smallest absolute Gasteiger partial charge is 0.251 e. The molecule has 0 saturated heterocycles. The fraction of sp³-hybridized carbons (Fsp3) is 0.273. The van der Waals surface area contributed by atoms with Crippen molar-refractivity contribution in [3.8, 4) is 0 Å². The van der Waals surface area contributed by atoms with Crippen molar-refractivity contribution in [2.45, 2.75) is 19.4 Å². The molecule has 0 heterocycles. The van der Waals surface area contributed by atoms with Crippen LogP contribution in [-0.4, -0.2) is 23.0 Å². The number of nitrogens with zero attached hydrogens (tertiary/aromatic N) is 1. The van der Waals surface area contributed by atoms with Crippen LogP contribution in [0.15, 0.2) is 29.4 Å². The molecule has 0 spiro atoms. The summed E-state index contributed by atoms with van der Waals surface area (Å²) in [5, 5.41) is 14.1. The van der Waals surface area contributed by atoms with Gasteiger partial charge in [0.15, 0.2) is 0 Å². The largest absolute Gasteiger partial charge is 0.409 e. The summed E-state index contributed by atoms with van der Waals surface area (Å²) in [6.07, 6.45) is 0.312. The number of oxime groups is 1. The maximum absolute atomic E-state index is 11.8. The Morgan fingerprint density at radius 3 is 2.94 bits per heavy atom. The summed E-state index contributed by atoms with van der Waals surface area (Å²) in [7, 11) is 0. The van der Waals surface area contributed by atoms with Crippen LogP contribution in [0.25, 0.3) is 0 Å². The van der Waals surface area contributed by atoms with Crippen LogP contribution in [0.1, 0.15) is 23.7 Å². The first kappa shape index (κ1) is 13.8. The predicted molar refractivity (Wildman–Crippen MR) is 74.1 cm³/mol. The lowest BCUT2D eigenvalue weighted by Gasteiger charge is -2.13. The van der Waals surface area contributed by atoms with E-state index in [1.807, 2.05) is 12.1 Å². The van der Waals surface area contributed by atoms with Crippen LogP contribution in [0.3, 0.4) is 0 Å². The lowest BCUT2D eigenvalue weighted by molar-refractivity contribution is 0.0941. The number of amidine groups is 1. The van der Waals surface area contributed by atoms with Crippen molar-refractivity contribution >= 4 is 34.3 Å². The summed E-state index contributed by atoms with van der Waals surface area (Å²) < 4.78 is 0.999. The summed E-state index contributed by atoms with van der Waals surface area (Å²) in [5.74, 6) is -0.0674. The van der Waals surface area contributed by atoms with Gasteiger partial charge >= 0.3 is 0 Å². The second kappa shape index (κ2) is 6.43. The van der Waals surface area contributed by atoms with Crippen molar-refractivity contribution in [1.82, 2.24) is 5.32 Å². The van der Waals surface area contributed by atoms with E-state index in [0.717, 1.165) is 3.57 Å². The van der Waals surface area contributed by atoms with Gasteiger partial charge in [-0.05, 0) is 47.7 Å². The molecule has 6 heteroatoms. The van der Waals surface area contributed by atoms with Gasteiger partial charge in [0.2, 0.25) is 0 Å². The Hall–Kier alpha value is -1.31. The molecule has 1 amide bonds. The Morgan fingerprint density at radius 1 is 1.65 bits per heavy atom. The van der Waals surface area contributed by atoms with Crippen LogP contribution >= 0.6 is 22.6 Å². The molecule has 92 valence electrons. The molecule has 5 nitrogen and oxygen atoms in total. The van der Waals surface area contributed by atoms with E-state index < -0.39 is 0 Å². The molecular weight excluding hydrogens is 333 g/mol. The third-order valence-corrected chi connectivity index (χ3v) is 2.78. The molecule has 1 atom stereocenters. The Balaban J connectivity index is 2.60. The Morgan fingerprint density at radius 2 is 2.35 bits per heavy atom. The maximum Gasteiger partial charge on any atom is 0.251 e. The molecule has 1 unspecified atom stereocenters. The molecule has 0 aromatic heterocycles. The van der Waals surface area contributed by atoms with E-state index in [4.69, 9.17) is 10.9 Å². The molecule has 0 bridgehead atoms. The molecule has 1 aromatic carbocycles. The average Bonchev–Trinajstić information content (AvgIpc) is 2.28. The number of hydrogen-bond donors (Lipinski definition) is 3. The lowest BCUT2D eigenvalue weighted by Crippen LogP contribution is -2.35. The first-order valence-electron chi connectivity index (χ1n) is 5.05. The molecule has 4 N–H and O–H groups in total. The Bertz CT molecular complexity index is 434. The zero-order valence-corrected chi connectivity index (χ0v) is 11.5. The van der Waals surface area contributed by atoms with Crippen LogP contribution in [0.5, 0.6) is 0 Å². The minimum absolute atomic E-state index is 0.0976. The molecule has 1 aromatic rings. The third-order valence-electron chi connectivity index (χ3n) is 2.11. The topological polar surface area (TPSA) is 87.7 Å². The molecular formula is C11H14IN3O2. The maximum atomic E-state index is 11.8. The van der Waals surface area contributed by atoms with Gasteiger partial charge < -0.3 is 16.3 Å². The second-order valence-electron chi connectivity index (χ2n) is 3.68. The van der Waals surface area contributed by atoms with Crippen molar-refractivity contribution in [1.29, 1.82) is 0 Å². The first-order chi connectivity index (χ1) is 8.02. The zero-order chi connectivity index (χ0) is 12.8. The minimum atomic E-state index is -0.184. The van der Waals surface area contributed by atoms with E-state index >= 15 is 0 Å². The van der Waals surface area contributed by atoms with Crippen molar-refractivity contribution in [3.05, 3.63) is 33.4 Å². The number of benzene rings is 1. The van der Waals surface area contributed by atoms with Gasteiger partial charge in [-0.3, -0.25) is 4.79 Å². The van der Waals surface area contributed by atoms with Gasteiger partial charge in [0.1, 0.15) is 5.84 Å². The van der Waals surface area contributed by atoms with E-state index in [0.29, 0.717) is 12.0 Å². The van der Waals surface area contributed by atoms with E-state index in [1.54, 1.807) is 19.1 Å². The highest BCUT2D eigenvalue weighted by molar-refractivity contribution is 14.1. The summed E-state index contributed by atoms with van der Waals surface area (Å²) in [4.78, 5) is 11.8. The third kappa shape index (κ3) is 4.59. The average molecular weight is 347 g/mol. The molecule has 17 heavy (non-hydrogen) atoms. The van der Waals surface area contributed by atoms with Crippen molar-refractivity contribution in [2.75, 3.05) is 0 Å². The van der Waals surface area contributed by atoms with E-state index in [1.165, 1.54) is 0 Å². The van der Waals surface area contributed by atoms with Gasteiger partial charge in [0, 0.05) is 21.6 Å². The number of carbonyl (C=O) groups is 1. The predicted octanol–water partition coefficient (Wildman–Crippen LogP) is 1.55. The molecule has 0 aliphatic rings. The van der Waals surface area contributed by atoms with Gasteiger partial charge in [0.25, 0.3) is 5.91 Å². The Labute approximate surface area is 113 Å². The van der Waals surface area contributed by atoms with Crippen molar-refractivity contribution < 1.29 is 10.0 Å². The molecule has 0 radical (unpaired) electrons. The molecule has 0 aliphatic carbocycles. The number of nitrogens with one attached hydrogen (secondary N) is 1. The SMILES string of the molecule is CC(CC(N)=NO)NC(=O)c1cccc(I)c1. The summed E-state index contributed by atoms with van der Waals surface area (Å²) in [5.41, 5.74) is 5.96. The van der Waals surface area contributed by atoms with Crippen LogP contribution in [0.2, 0.25) is 0 Å². The van der Waals surface area contributed by atoms with Crippen LogP contribution in [-0.2, 0) is 0 Å². The fourth-order valence-corrected chi connectivity index (χ4v) is 1.89. The van der Waals surface area contributed by atoms with E-state index in [-0.39, 0.29) is 17.8 Å². The number of amides is 1. The quantitative estimate of drug-likeness (QED) is 0.254. The first-order valence-corrected chi connectivity index (χ1v) is 6.13. The lowest BCUT2D eigenvalue weighted by atomic mass is 10.1. The van der Waals surface area contributed by atoms with Crippen LogP contribution in [0.4, 0.5) is 0 Å². The van der Waals surface area contributed by atoms with Crippen molar-refractivity contribution in [2.24, 2.45) is 10.9 Å². The highest BCUT2D eigenvalue weighted by atomic mass is 127. The normalized spacial score (nSPS) is 13.2. The molecule has 0 fully saturated rings. The molecule has 0 saturated carbocycles. The minimum Gasteiger partial charge on any atom is -0.409 e. The number of nitrogens with two attached hydrogens (primary N) is 1. The van der Waals surface area contributed by atoms with Crippen molar-refractivity contribution in [3.63, 3.8) is 0 Å². The molecule has 1 rings (SSSR count). The Kier molecular flexibility index (Phi) is 5.20. The number of hydrogen-bond acceptors (Lipinski definition) is 3. The summed E-state index contributed by atoms with van der Waals surface area (Å²) in [6, 6.07) is 7.10. The van der Waals surface area contributed by atoms with Gasteiger partial charge in [0.05, 0.1) is 0 Å². The number of carbonyl (C=O) groups excluding carboxylic acids is 1. The zero-order valence-electron chi connectivity index (χ0n) is 9.35. The van der Waals surface area contributed by atoms with Gasteiger partial charge in [-0.2, -0.15) is 0 Å². The fourth-order valence-electron chi connectivity index (χ4n) is 1.34. The van der Waals surface area contributed by atoms with Gasteiger partial charge in [-0.25, -0.2) is 0 Å². The summed E-state index contributed by atoms with van der Waals surface area (Å²) >= 11 is 2.15. The number of rotatable bonds is 4. The number of halogens is 1. The van der Waals surface area contributed by atoms with Gasteiger partial charge in [-0.1, -0.05) is 11.2 Å². The standard InChI is InChI=1S/C11H14IN3O2/c1-7(5-10(13)15-17)14-11(16)8-3-2-4-9(12)6-8/h2-4,6-7,17H,5H2,1H3,(H2,13,15)(H,14,16). The highest BCUT2D eigenvalue weighted by Gasteiger charge is 2.11.